The fourth-order valence-corrected chi connectivity index (χ4v) is 5.83. The first-order chi connectivity index (χ1) is 10.9. The van der Waals surface area contributed by atoms with Gasteiger partial charge in [0.15, 0.2) is 0 Å². The Morgan fingerprint density at radius 2 is 2.00 bits per heavy atom. The molecule has 3 N–H and O–H groups in total. The van der Waals surface area contributed by atoms with Crippen LogP contribution in [0.5, 0.6) is 5.75 Å². The van der Waals surface area contributed by atoms with Crippen molar-refractivity contribution in [1.82, 2.24) is 0 Å². The summed E-state index contributed by atoms with van der Waals surface area (Å²) in [5.41, 5.74) is 0.782. The highest BCUT2D eigenvalue weighted by atomic mass is 16.3. The van der Waals surface area contributed by atoms with Crippen molar-refractivity contribution in [3.63, 3.8) is 0 Å². The predicted molar refractivity (Wildman–Crippen MR) is 87.8 cm³/mol. The molecule has 0 spiro atoms. The molecule has 4 rings (SSSR count). The van der Waals surface area contributed by atoms with Crippen LogP contribution in [0.2, 0.25) is 0 Å². The molecule has 0 amide bonds. The smallest absolute Gasteiger partial charge is 0.130 e. The van der Waals surface area contributed by atoms with Crippen LogP contribution >= 0.6 is 0 Å². The average Bonchev–Trinajstić information content (AvgIpc) is 2.80. The summed E-state index contributed by atoms with van der Waals surface area (Å²) >= 11 is 0. The Balaban J connectivity index is 1.76. The van der Waals surface area contributed by atoms with E-state index in [2.05, 4.69) is 12.8 Å². The van der Waals surface area contributed by atoms with Gasteiger partial charge in [-0.1, -0.05) is 18.9 Å². The number of aromatic hydroxyl groups is 1. The Morgan fingerprint density at radius 1 is 1.22 bits per heavy atom. The molecule has 2 saturated carbocycles. The predicted octanol–water partition coefficient (Wildman–Crippen LogP) is 3.10. The molecule has 4 unspecified atom stereocenters. The first-order valence-electron chi connectivity index (χ1n) is 8.60. The zero-order valence-corrected chi connectivity index (χ0v) is 13.5. The van der Waals surface area contributed by atoms with Gasteiger partial charge in [0.2, 0.25) is 0 Å². The van der Waals surface area contributed by atoms with Crippen molar-refractivity contribution in [2.24, 2.45) is 17.3 Å². The molecule has 1 aromatic rings. The number of aliphatic hydroxyl groups is 2. The van der Waals surface area contributed by atoms with Crippen molar-refractivity contribution in [3.05, 3.63) is 29.3 Å². The van der Waals surface area contributed by atoms with E-state index in [4.69, 9.17) is 6.42 Å². The number of benzene rings is 1. The second kappa shape index (κ2) is 4.75. The molecule has 0 aliphatic heterocycles. The minimum absolute atomic E-state index is 0.212. The fraction of sp³-hybridized carbons (Fsp3) is 0.600. The first kappa shape index (κ1) is 15.1. The van der Waals surface area contributed by atoms with Gasteiger partial charge in [-0.05, 0) is 73.1 Å². The summed E-state index contributed by atoms with van der Waals surface area (Å²) in [6, 6.07) is 5.39. The maximum absolute atomic E-state index is 10.9. The minimum atomic E-state index is -1.01. The Bertz CT molecular complexity index is 691. The van der Waals surface area contributed by atoms with Crippen molar-refractivity contribution >= 4 is 0 Å². The molecule has 3 nitrogen and oxygen atoms in total. The molecular weight excluding hydrogens is 288 g/mol. The highest BCUT2D eigenvalue weighted by Crippen LogP contribution is 2.65. The first-order valence-corrected chi connectivity index (χ1v) is 8.60. The Morgan fingerprint density at radius 3 is 2.74 bits per heavy atom. The third kappa shape index (κ3) is 1.86. The lowest BCUT2D eigenvalue weighted by molar-refractivity contribution is -0.0729. The SMILES string of the molecule is C#C[C@]1(O)CCC2C3CC(O)c4cc(O)ccc4C3CC[C@@]21C. The van der Waals surface area contributed by atoms with Gasteiger partial charge in [-0.25, -0.2) is 0 Å². The van der Waals surface area contributed by atoms with Gasteiger partial charge < -0.3 is 15.3 Å². The van der Waals surface area contributed by atoms with E-state index in [0.717, 1.165) is 24.8 Å². The highest BCUT2D eigenvalue weighted by molar-refractivity contribution is 5.42. The summed E-state index contributed by atoms with van der Waals surface area (Å²) in [4.78, 5) is 0. The molecule has 3 aliphatic carbocycles. The molecule has 6 atom stereocenters. The van der Waals surface area contributed by atoms with Gasteiger partial charge in [0.25, 0.3) is 0 Å². The van der Waals surface area contributed by atoms with Crippen LogP contribution < -0.4 is 0 Å². The van der Waals surface area contributed by atoms with Crippen LogP contribution in [-0.2, 0) is 0 Å². The highest BCUT2D eigenvalue weighted by Gasteiger charge is 2.61. The van der Waals surface area contributed by atoms with E-state index in [1.165, 1.54) is 5.56 Å². The standard InChI is InChI=1S/C20H24O3/c1-3-20(23)9-7-17-15-11-18(22)16-10-12(21)4-5-13(16)14(15)6-8-19(17,20)2/h1,4-5,10,14-15,17-18,21-23H,6-9,11H2,2H3/t14?,15?,17?,18?,19-,20-/m0/s1. The Kier molecular flexibility index (Phi) is 3.11. The second-order valence-electron chi connectivity index (χ2n) is 7.94. The van der Waals surface area contributed by atoms with E-state index >= 15 is 0 Å². The zero-order chi connectivity index (χ0) is 16.4. The largest absolute Gasteiger partial charge is 0.508 e. The molecule has 3 heteroatoms. The lowest BCUT2D eigenvalue weighted by atomic mass is 9.53. The third-order valence-electron chi connectivity index (χ3n) is 7.15. The van der Waals surface area contributed by atoms with Crippen LogP contribution in [-0.4, -0.2) is 20.9 Å². The zero-order valence-electron chi connectivity index (χ0n) is 13.5. The topological polar surface area (TPSA) is 60.7 Å². The number of fused-ring (bicyclic) bond motifs is 5. The van der Waals surface area contributed by atoms with Crippen molar-refractivity contribution in [3.8, 4) is 18.1 Å². The Hall–Kier alpha value is -1.50. The van der Waals surface area contributed by atoms with Gasteiger partial charge in [0.05, 0.1) is 6.10 Å². The summed E-state index contributed by atoms with van der Waals surface area (Å²) in [6.07, 6.45) is 9.31. The number of phenols is 1. The molecule has 0 radical (unpaired) electrons. The minimum Gasteiger partial charge on any atom is -0.508 e. The van der Waals surface area contributed by atoms with Crippen LogP contribution in [0.15, 0.2) is 18.2 Å². The van der Waals surface area contributed by atoms with Gasteiger partial charge in [-0.15, -0.1) is 6.42 Å². The molecule has 0 bridgehead atoms. The molecule has 0 aromatic heterocycles. The summed E-state index contributed by atoms with van der Waals surface area (Å²) in [7, 11) is 0. The number of aliphatic hydroxyl groups excluding tert-OH is 1. The van der Waals surface area contributed by atoms with Crippen LogP contribution in [0.25, 0.3) is 0 Å². The van der Waals surface area contributed by atoms with Crippen LogP contribution in [0.4, 0.5) is 0 Å². The van der Waals surface area contributed by atoms with Crippen molar-refractivity contribution < 1.29 is 15.3 Å². The molecule has 3 aliphatic rings. The van der Waals surface area contributed by atoms with Gasteiger partial charge in [0.1, 0.15) is 11.4 Å². The Labute approximate surface area is 137 Å². The van der Waals surface area contributed by atoms with E-state index in [1.54, 1.807) is 12.1 Å². The fourth-order valence-electron chi connectivity index (χ4n) is 5.83. The van der Waals surface area contributed by atoms with Crippen LogP contribution in [0, 0.1) is 29.6 Å². The summed E-state index contributed by atoms with van der Waals surface area (Å²) in [5, 5.41) is 31.2. The molecule has 1 aromatic carbocycles. The number of phenolic OH excluding ortho intramolecular Hbond substituents is 1. The van der Waals surface area contributed by atoms with E-state index in [9.17, 15) is 15.3 Å². The monoisotopic (exact) mass is 312 g/mol. The summed E-state index contributed by atoms with van der Waals surface area (Å²) in [6.45, 7) is 2.14. The van der Waals surface area contributed by atoms with E-state index in [1.807, 2.05) is 6.07 Å². The number of hydrogen-bond acceptors (Lipinski definition) is 3. The average molecular weight is 312 g/mol. The second-order valence-corrected chi connectivity index (χ2v) is 7.94. The van der Waals surface area contributed by atoms with Gasteiger partial charge >= 0.3 is 0 Å². The van der Waals surface area contributed by atoms with Gasteiger partial charge in [-0.2, -0.15) is 0 Å². The molecule has 0 heterocycles. The van der Waals surface area contributed by atoms with Crippen LogP contribution in [0.1, 0.15) is 62.2 Å². The van der Waals surface area contributed by atoms with Crippen molar-refractivity contribution in [2.75, 3.05) is 0 Å². The molecule has 0 saturated heterocycles. The maximum Gasteiger partial charge on any atom is 0.130 e. The number of hydrogen-bond donors (Lipinski definition) is 3. The van der Waals surface area contributed by atoms with E-state index < -0.39 is 11.7 Å². The molecule has 2 fully saturated rings. The van der Waals surface area contributed by atoms with Crippen molar-refractivity contribution in [2.45, 2.75) is 56.7 Å². The van der Waals surface area contributed by atoms with Crippen molar-refractivity contribution in [1.29, 1.82) is 0 Å². The van der Waals surface area contributed by atoms with Gasteiger partial charge in [-0.3, -0.25) is 0 Å². The lowest BCUT2D eigenvalue weighted by Gasteiger charge is -2.52. The lowest BCUT2D eigenvalue weighted by Crippen LogP contribution is -2.50. The maximum atomic E-state index is 10.9. The van der Waals surface area contributed by atoms with Crippen LogP contribution in [0.3, 0.4) is 0 Å². The summed E-state index contributed by atoms with van der Waals surface area (Å²) in [5.74, 6) is 3.98. The normalized spacial score (nSPS) is 44.8. The molecule has 23 heavy (non-hydrogen) atoms. The molecular formula is C20H24O3. The number of terminal acetylenes is 1. The quantitative estimate of drug-likeness (QED) is 0.645. The molecule has 122 valence electrons. The van der Waals surface area contributed by atoms with Gasteiger partial charge in [0, 0.05) is 5.41 Å². The summed E-state index contributed by atoms with van der Waals surface area (Å²) < 4.78 is 0. The third-order valence-corrected chi connectivity index (χ3v) is 7.15. The van der Waals surface area contributed by atoms with E-state index in [0.29, 0.717) is 30.6 Å². The van der Waals surface area contributed by atoms with E-state index in [-0.39, 0.29) is 11.2 Å². The number of rotatable bonds is 0.